The number of rotatable bonds is 5. The molecule has 134 valence electrons. The molecule has 0 radical (unpaired) electrons. The summed E-state index contributed by atoms with van der Waals surface area (Å²) in [6.07, 6.45) is -0.792. The highest BCUT2D eigenvalue weighted by atomic mass is 19.1. The van der Waals surface area contributed by atoms with Crippen LogP contribution in [0.2, 0.25) is 0 Å². The van der Waals surface area contributed by atoms with Gasteiger partial charge in [-0.25, -0.2) is 14.0 Å². The fraction of sp³-hybridized carbons (Fsp3) is 0.200. The third-order valence-corrected chi connectivity index (χ3v) is 3.80. The van der Waals surface area contributed by atoms with Crippen molar-refractivity contribution in [3.8, 4) is 16.9 Å². The van der Waals surface area contributed by atoms with Gasteiger partial charge in [0.05, 0.1) is 6.61 Å². The van der Waals surface area contributed by atoms with E-state index < -0.39 is 17.7 Å². The highest BCUT2D eigenvalue weighted by Gasteiger charge is 2.16. The summed E-state index contributed by atoms with van der Waals surface area (Å²) in [5, 5.41) is 0.673. The van der Waals surface area contributed by atoms with Crippen LogP contribution in [0.3, 0.4) is 0 Å². The third kappa shape index (κ3) is 3.74. The molecule has 26 heavy (non-hydrogen) atoms. The van der Waals surface area contributed by atoms with Gasteiger partial charge in [-0.15, -0.1) is 0 Å². The fourth-order valence-electron chi connectivity index (χ4n) is 2.60. The van der Waals surface area contributed by atoms with Crippen LogP contribution in [0.5, 0.6) is 5.75 Å². The van der Waals surface area contributed by atoms with Gasteiger partial charge in [0.15, 0.2) is 6.10 Å². The minimum atomic E-state index is -0.792. The molecule has 0 aliphatic rings. The molecule has 5 nitrogen and oxygen atoms in total. The van der Waals surface area contributed by atoms with Crippen molar-refractivity contribution in [1.29, 1.82) is 0 Å². The summed E-state index contributed by atoms with van der Waals surface area (Å²) < 4.78 is 28.9. The fourth-order valence-corrected chi connectivity index (χ4v) is 2.60. The molecule has 0 bridgehead atoms. The summed E-state index contributed by atoms with van der Waals surface area (Å²) in [5.74, 6) is -0.462. The molecule has 3 aromatic rings. The lowest BCUT2D eigenvalue weighted by Gasteiger charge is -2.14. The second kappa shape index (κ2) is 7.39. The molecule has 1 atom stereocenters. The molecule has 0 aliphatic heterocycles. The van der Waals surface area contributed by atoms with Gasteiger partial charge in [0.25, 0.3) is 0 Å². The van der Waals surface area contributed by atoms with Crippen LogP contribution in [-0.4, -0.2) is 18.7 Å². The van der Waals surface area contributed by atoms with Crippen LogP contribution in [0.4, 0.5) is 4.39 Å². The highest BCUT2D eigenvalue weighted by Crippen LogP contribution is 2.30. The zero-order valence-electron chi connectivity index (χ0n) is 14.3. The Bertz CT molecular complexity index is 991. The Balaban J connectivity index is 1.99. The van der Waals surface area contributed by atoms with Crippen LogP contribution in [0.15, 0.2) is 57.7 Å². The summed E-state index contributed by atoms with van der Waals surface area (Å²) >= 11 is 0. The summed E-state index contributed by atoms with van der Waals surface area (Å²) in [5.41, 5.74) is 1.09. The molecule has 1 heterocycles. The summed E-state index contributed by atoms with van der Waals surface area (Å²) in [4.78, 5) is 23.6. The predicted octanol–water partition coefficient (Wildman–Crippen LogP) is 3.93. The first kappa shape index (κ1) is 17.7. The van der Waals surface area contributed by atoms with Gasteiger partial charge in [0.1, 0.15) is 17.1 Å². The molecule has 0 aliphatic carbocycles. The molecular weight excluding hydrogens is 339 g/mol. The van der Waals surface area contributed by atoms with Gasteiger partial charge < -0.3 is 13.9 Å². The second-order valence-corrected chi connectivity index (χ2v) is 5.66. The van der Waals surface area contributed by atoms with E-state index in [-0.39, 0.29) is 12.4 Å². The Hall–Kier alpha value is -3.15. The van der Waals surface area contributed by atoms with Crippen LogP contribution in [0, 0.1) is 5.82 Å². The smallest absolute Gasteiger partial charge is 0.347 e. The SMILES string of the molecule is CCOC(=O)C(C)Oc1ccc2c(-c3ccc(F)cc3)cc(=O)oc2c1. The molecule has 0 N–H and O–H groups in total. The normalized spacial score (nSPS) is 12.0. The van der Waals surface area contributed by atoms with Crippen LogP contribution in [0.1, 0.15) is 13.8 Å². The molecule has 0 fully saturated rings. The quantitative estimate of drug-likeness (QED) is 0.512. The number of hydrogen-bond donors (Lipinski definition) is 0. The first-order valence-electron chi connectivity index (χ1n) is 8.15. The molecule has 3 rings (SSSR count). The molecule has 0 saturated carbocycles. The maximum absolute atomic E-state index is 13.2. The Morgan fingerprint density at radius 2 is 1.88 bits per heavy atom. The number of hydrogen-bond acceptors (Lipinski definition) is 5. The van der Waals surface area contributed by atoms with Crippen molar-refractivity contribution in [3.63, 3.8) is 0 Å². The molecule has 2 aromatic carbocycles. The van der Waals surface area contributed by atoms with Crippen molar-refractivity contribution in [2.24, 2.45) is 0 Å². The monoisotopic (exact) mass is 356 g/mol. The number of esters is 1. The van der Waals surface area contributed by atoms with Gasteiger partial charge in [0, 0.05) is 17.5 Å². The van der Waals surface area contributed by atoms with Gasteiger partial charge in [-0.05, 0) is 49.2 Å². The van der Waals surface area contributed by atoms with E-state index in [1.165, 1.54) is 18.2 Å². The first-order valence-corrected chi connectivity index (χ1v) is 8.15. The molecular formula is C20H17FO5. The van der Waals surface area contributed by atoms with E-state index in [0.29, 0.717) is 27.8 Å². The lowest BCUT2D eigenvalue weighted by molar-refractivity contribution is -0.150. The average molecular weight is 356 g/mol. The number of ether oxygens (including phenoxy) is 2. The lowest BCUT2D eigenvalue weighted by Crippen LogP contribution is -2.26. The van der Waals surface area contributed by atoms with E-state index >= 15 is 0 Å². The summed E-state index contributed by atoms with van der Waals surface area (Å²) in [6.45, 7) is 3.56. The number of carbonyl (C=O) groups is 1. The van der Waals surface area contributed by atoms with Crippen molar-refractivity contribution in [2.45, 2.75) is 20.0 Å². The van der Waals surface area contributed by atoms with Gasteiger partial charge >= 0.3 is 11.6 Å². The number of halogens is 1. The molecule has 6 heteroatoms. The van der Waals surface area contributed by atoms with E-state index in [9.17, 15) is 14.0 Å². The van der Waals surface area contributed by atoms with Crippen molar-refractivity contribution < 1.29 is 23.1 Å². The molecule has 1 aromatic heterocycles. The Kier molecular flexibility index (Phi) is 5.02. The van der Waals surface area contributed by atoms with Crippen molar-refractivity contribution in [1.82, 2.24) is 0 Å². The van der Waals surface area contributed by atoms with Crippen LogP contribution in [0.25, 0.3) is 22.1 Å². The van der Waals surface area contributed by atoms with Crippen LogP contribution < -0.4 is 10.4 Å². The average Bonchev–Trinajstić information content (AvgIpc) is 2.61. The summed E-state index contributed by atoms with van der Waals surface area (Å²) in [7, 11) is 0. The lowest BCUT2D eigenvalue weighted by atomic mass is 10.0. The molecule has 1 unspecified atom stereocenters. The number of benzene rings is 2. The van der Waals surface area contributed by atoms with Crippen molar-refractivity contribution in [2.75, 3.05) is 6.61 Å². The largest absolute Gasteiger partial charge is 0.479 e. The maximum atomic E-state index is 13.2. The zero-order valence-corrected chi connectivity index (χ0v) is 14.3. The van der Waals surface area contributed by atoms with E-state index in [1.807, 2.05) is 0 Å². The molecule has 0 saturated heterocycles. The van der Waals surface area contributed by atoms with Gasteiger partial charge in [-0.3, -0.25) is 0 Å². The van der Waals surface area contributed by atoms with E-state index in [4.69, 9.17) is 13.9 Å². The minimum Gasteiger partial charge on any atom is -0.479 e. The highest BCUT2D eigenvalue weighted by molar-refractivity contribution is 5.93. The maximum Gasteiger partial charge on any atom is 0.347 e. The standard InChI is InChI=1S/C20H17FO5/c1-3-24-20(23)12(2)25-15-8-9-16-17(11-19(22)26-18(16)10-15)13-4-6-14(21)7-5-13/h4-12H,3H2,1-2H3. The van der Waals surface area contributed by atoms with Crippen molar-refractivity contribution in [3.05, 3.63) is 64.8 Å². The van der Waals surface area contributed by atoms with Crippen LogP contribution in [-0.2, 0) is 9.53 Å². The number of carbonyl (C=O) groups excluding carboxylic acids is 1. The predicted molar refractivity (Wildman–Crippen MR) is 94.6 cm³/mol. The molecule has 0 amide bonds. The van der Waals surface area contributed by atoms with Gasteiger partial charge in [0.2, 0.25) is 0 Å². The van der Waals surface area contributed by atoms with Gasteiger partial charge in [-0.1, -0.05) is 12.1 Å². The van der Waals surface area contributed by atoms with Crippen molar-refractivity contribution >= 4 is 16.9 Å². The molecule has 0 spiro atoms. The minimum absolute atomic E-state index is 0.264. The van der Waals surface area contributed by atoms with Gasteiger partial charge in [-0.2, -0.15) is 0 Å². The number of fused-ring (bicyclic) bond motifs is 1. The topological polar surface area (TPSA) is 65.7 Å². The Morgan fingerprint density at radius 3 is 2.58 bits per heavy atom. The van der Waals surface area contributed by atoms with E-state index in [0.717, 1.165) is 0 Å². The first-order chi connectivity index (χ1) is 12.5. The Labute approximate surface area is 149 Å². The van der Waals surface area contributed by atoms with E-state index in [2.05, 4.69) is 0 Å². The van der Waals surface area contributed by atoms with Crippen LogP contribution >= 0.6 is 0 Å². The van der Waals surface area contributed by atoms with E-state index in [1.54, 1.807) is 44.2 Å². The Morgan fingerprint density at radius 1 is 1.15 bits per heavy atom. The third-order valence-electron chi connectivity index (χ3n) is 3.80. The summed E-state index contributed by atoms with van der Waals surface area (Å²) in [6, 6.07) is 12.1. The zero-order chi connectivity index (χ0) is 18.7. The second-order valence-electron chi connectivity index (χ2n) is 5.66.